The van der Waals surface area contributed by atoms with Crippen molar-refractivity contribution >= 4 is 0 Å². The smallest absolute Gasteiger partial charge is 0.212 e. The summed E-state index contributed by atoms with van der Waals surface area (Å²) in [6.45, 7) is 5.76. The van der Waals surface area contributed by atoms with Crippen molar-refractivity contribution in [3.63, 3.8) is 0 Å². The molecule has 0 atom stereocenters. The second-order valence-electron chi connectivity index (χ2n) is 5.34. The van der Waals surface area contributed by atoms with E-state index in [4.69, 9.17) is 10.00 Å². The Hall–Kier alpha value is -1.60. The molecule has 0 saturated heterocycles. The summed E-state index contributed by atoms with van der Waals surface area (Å²) in [5.41, 5.74) is 0.957. The average molecular weight is 261 g/mol. The van der Waals surface area contributed by atoms with Crippen LogP contribution in [0.25, 0.3) is 0 Å². The fourth-order valence-electron chi connectivity index (χ4n) is 1.74. The van der Waals surface area contributed by atoms with E-state index in [0.29, 0.717) is 5.88 Å². The first kappa shape index (κ1) is 15.5. The van der Waals surface area contributed by atoms with Crippen molar-refractivity contribution in [2.45, 2.75) is 39.7 Å². The van der Waals surface area contributed by atoms with Crippen LogP contribution in [-0.4, -0.2) is 18.6 Å². The first-order chi connectivity index (χ1) is 9.07. The molecular weight excluding hydrogens is 238 g/mol. The maximum atomic E-state index is 8.91. The molecule has 0 bridgehead atoms. The third-order valence-electron chi connectivity index (χ3n) is 3.04. The summed E-state index contributed by atoms with van der Waals surface area (Å²) >= 11 is 0. The molecule has 1 aromatic rings. The van der Waals surface area contributed by atoms with Gasteiger partial charge < -0.3 is 10.1 Å². The molecule has 104 valence electrons. The molecular formula is C15H23N3O. The van der Waals surface area contributed by atoms with Crippen LogP contribution in [0.1, 0.15) is 38.7 Å². The van der Waals surface area contributed by atoms with Gasteiger partial charge in [-0.3, -0.25) is 0 Å². The van der Waals surface area contributed by atoms with E-state index in [-0.39, 0.29) is 5.41 Å². The Labute approximate surface area is 115 Å². The summed E-state index contributed by atoms with van der Waals surface area (Å²) in [5, 5.41) is 12.3. The van der Waals surface area contributed by atoms with Gasteiger partial charge in [-0.05, 0) is 38.8 Å². The quantitative estimate of drug-likeness (QED) is 0.731. The van der Waals surface area contributed by atoms with E-state index in [2.05, 4.69) is 16.4 Å². The van der Waals surface area contributed by atoms with E-state index in [1.165, 1.54) is 0 Å². The molecule has 0 spiro atoms. The van der Waals surface area contributed by atoms with Gasteiger partial charge in [0.2, 0.25) is 5.88 Å². The number of methoxy groups -OCH3 is 1. The minimum atomic E-state index is -0.195. The number of nitrogens with zero attached hydrogens (tertiary/aromatic N) is 2. The van der Waals surface area contributed by atoms with Gasteiger partial charge in [0, 0.05) is 18.8 Å². The Morgan fingerprint density at radius 3 is 2.74 bits per heavy atom. The van der Waals surface area contributed by atoms with Crippen molar-refractivity contribution in [2.24, 2.45) is 5.41 Å². The number of pyridine rings is 1. The number of aromatic nitrogens is 1. The normalized spacial score (nSPS) is 11.1. The van der Waals surface area contributed by atoms with Crippen LogP contribution in [0.5, 0.6) is 5.88 Å². The number of nitrogens with one attached hydrogen (secondary N) is 1. The molecule has 0 radical (unpaired) electrons. The third kappa shape index (κ3) is 6.21. The van der Waals surface area contributed by atoms with Gasteiger partial charge in [-0.2, -0.15) is 5.26 Å². The molecule has 0 saturated carbocycles. The van der Waals surface area contributed by atoms with Gasteiger partial charge in [0.15, 0.2) is 0 Å². The van der Waals surface area contributed by atoms with Crippen LogP contribution >= 0.6 is 0 Å². The molecule has 0 aliphatic heterocycles. The van der Waals surface area contributed by atoms with Crippen LogP contribution < -0.4 is 10.1 Å². The molecule has 1 N–H and O–H groups in total. The lowest BCUT2D eigenvalue weighted by atomic mass is 9.89. The lowest BCUT2D eigenvalue weighted by Crippen LogP contribution is -2.16. The van der Waals surface area contributed by atoms with Crippen molar-refractivity contribution in [1.29, 1.82) is 5.26 Å². The highest BCUT2D eigenvalue weighted by Crippen LogP contribution is 2.21. The summed E-state index contributed by atoms with van der Waals surface area (Å²) in [5.74, 6) is 0.641. The topological polar surface area (TPSA) is 57.9 Å². The van der Waals surface area contributed by atoms with E-state index >= 15 is 0 Å². The van der Waals surface area contributed by atoms with Crippen LogP contribution in [0.15, 0.2) is 18.3 Å². The summed E-state index contributed by atoms with van der Waals surface area (Å²) in [6.07, 6.45) is 4.95. The lowest BCUT2D eigenvalue weighted by Gasteiger charge is -2.14. The Morgan fingerprint density at radius 1 is 1.37 bits per heavy atom. The Kier molecular flexibility index (Phi) is 6.31. The Balaban J connectivity index is 2.12. The van der Waals surface area contributed by atoms with E-state index in [1.54, 1.807) is 7.11 Å². The van der Waals surface area contributed by atoms with Crippen LogP contribution in [0.4, 0.5) is 0 Å². The standard InChI is InChI=1S/C15H23N3O/c1-15(2,12-16)8-4-5-9-17-10-13-6-7-14(19-3)18-11-13/h6-7,11,17H,4-5,8-10H2,1-3H3. The highest BCUT2D eigenvalue weighted by Gasteiger charge is 2.15. The zero-order chi connectivity index (χ0) is 14.1. The monoisotopic (exact) mass is 261 g/mol. The largest absolute Gasteiger partial charge is 0.481 e. The van der Waals surface area contributed by atoms with Gasteiger partial charge in [0.25, 0.3) is 0 Å². The maximum Gasteiger partial charge on any atom is 0.212 e. The van der Waals surface area contributed by atoms with Crippen LogP contribution in [0.2, 0.25) is 0 Å². The lowest BCUT2D eigenvalue weighted by molar-refractivity contribution is 0.397. The Bertz CT molecular complexity index is 406. The van der Waals surface area contributed by atoms with Gasteiger partial charge in [-0.25, -0.2) is 4.98 Å². The van der Waals surface area contributed by atoms with Crippen molar-refractivity contribution < 1.29 is 4.74 Å². The van der Waals surface area contributed by atoms with Crippen molar-refractivity contribution in [3.8, 4) is 11.9 Å². The molecule has 1 heterocycles. The van der Waals surface area contributed by atoms with Gasteiger partial charge >= 0.3 is 0 Å². The number of hydrogen-bond donors (Lipinski definition) is 1. The zero-order valence-corrected chi connectivity index (χ0v) is 12.1. The molecule has 1 aromatic heterocycles. The predicted octanol–water partition coefficient (Wildman–Crippen LogP) is 2.90. The molecule has 4 nitrogen and oxygen atoms in total. The van der Waals surface area contributed by atoms with Crippen molar-refractivity contribution in [1.82, 2.24) is 10.3 Å². The highest BCUT2D eigenvalue weighted by atomic mass is 16.5. The Morgan fingerprint density at radius 2 is 2.16 bits per heavy atom. The van der Waals surface area contributed by atoms with E-state index in [9.17, 15) is 0 Å². The van der Waals surface area contributed by atoms with Gasteiger partial charge in [-0.15, -0.1) is 0 Å². The minimum Gasteiger partial charge on any atom is -0.481 e. The van der Waals surface area contributed by atoms with Gasteiger partial charge in [0.1, 0.15) is 0 Å². The fraction of sp³-hybridized carbons (Fsp3) is 0.600. The highest BCUT2D eigenvalue weighted by molar-refractivity contribution is 5.17. The minimum absolute atomic E-state index is 0.195. The first-order valence-corrected chi connectivity index (χ1v) is 6.68. The summed E-state index contributed by atoms with van der Waals surface area (Å²) in [7, 11) is 1.61. The van der Waals surface area contributed by atoms with Gasteiger partial charge in [0.05, 0.1) is 18.6 Å². The van der Waals surface area contributed by atoms with E-state index < -0.39 is 0 Å². The fourth-order valence-corrected chi connectivity index (χ4v) is 1.74. The molecule has 0 aliphatic rings. The second kappa shape index (κ2) is 7.75. The SMILES string of the molecule is COc1ccc(CNCCCCC(C)(C)C#N)cn1. The molecule has 4 heteroatoms. The van der Waals surface area contributed by atoms with Crippen LogP contribution in [0, 0.1) is 16.7 Å². The molecule has 0 aromatic carbocycles. The van der Waals surface area contributed by atoms with Crippen LogP contribution in [-0.2, 0) is 6.54 Å². The number of unbranched alkanes of at least 4 members (excludes halogenated alkanes) is 1. The number of ether oxygens (including phenoxy) is 1. The van der Waals surface area contributed by atoms with Gasteiger partial charge in [-0.1, -0.05) is 12.5 Å². The van der Waals surface area contributed by atoms with E-state index in [1.807, 2.05) is 32.2 Å². The zero-order valence-electron chi connectivity index (χ0n) is 12.1. The van der Waals surface area contributed by atoms with E-state index in [0.717, 1.165) is 37.9 Å². The molecule has 19 heavy (non-hydrogen) atoms. The molecule has 0 amide bonds. The summed E-state index contributed by atoms with van der Waals surface area (Å²) in [6, 6.07) is 6.21. The third-order valence-corrected chi connectivity index (χ3v) is 3.04. The maximum absolute atomic E-state index is 8.91. The van der Waals surface area contributed by atoms with Crippen molar-refractivity contribution in [3.05, 3.63) is 23.9 Å². The average Bonchev–Trinajstić information content (AvgIpc) is 2.43. The summed E-state index contributed by atoms with van der Waals surface area (Å²) < 4.78 is 5.01. The molecule has 0 unspecified atom stereocenters. The predicted molar refractivity (Wildman–Crippen MR) is 75.7 cm³/mol. The molecule has 0 fully saturated rings. The molecule has 1 rings (SSSR count). The number of hydrogen-bond acceptors (Lipinski definition) is 4. The summed E-state index contributed by atoms with van der Waals surface area (Å²) in [4.78, 5) is 4.16. The van der Waals surface area contributed by atoms with Crippen molar-refractivity contribution in [2.75, 3.05) is 13.7 Å². The van der Waals surface area contributed by atoms with Crippen LogP contribution in [0.3, 0.4) is 0 Å². The first-order valence-electron chi connectivity index (χ1n) is 6.68. The second-order valence-corrected chi connectivity index (χ2v) is 5.34. The number of nitriles is 1. The molecule has 0 aliphatic carbocycles. The number of rotatable bonds is 8.